The van der Waals surface area contributed by atoms with Crippen LogP contribution in [-0.4, -0.2) is 25.8 Å². The molecule has 1 aliphatic carbocycles. The topological polar surface area (TPSA) is 61.2 Å². The van der Waals surface area contributed by atoms with Crippen LogP contribution in [0.2, 0.25) is 5.02 Å². The van der Waals surface area contributed by atoms with Crippen LogP contribution in [-0.2, 0) is 10.0 Å². The Kier molecular flexibility index (Phi) is 3.62. The first-order valence-electron chi connectivity index (χ1n) is 5.64. The highest BCUT2D eigenvalue weighted by Gasteiger charge is 2.33. The first-order chi connectivity index (χ1) is 8.46. The average Bonchev–Trinajstić information content (AvgIpc) is 2.27. The predicted molar refractivity (Wildman–Crippen MR) is 68.8 cm³/mol. The number of hydrogen-bond acceptors (Lipinski definition) is 3. The van der Waals surface area contributed by atoms with Crippen LogP contribution in [0, 0.1) is 11.3 Å². The smallest absolute Gasteiger partial charge is 0.207 e. The van der Waals surface area contributed by atoms with Gasteiger partial charge in [0.2, 0.25) is 10.0 Å². The van der Waals surface area contributed by atoms with Crippen molar-refractivity contribution in [3.63, 3.8) is 0 Å². The summed E-state index contributed by atoms with van der Waals surface area (Å²) in [5.74, 6) is 0. The zero-order valence-corrected chi connectivity index (χ0v) is 11.5. The predicted octanol–water partition coefficient (Wildman–Crippen LogP) is 2.38. The lowest BCUT2D eigenvalue weighted by atomic mass is 9.94. The number of sulfonamides is 1. The molecule has 1 fully saturated rings. The van der Waals surface area contributed by atoms with Gasteiger partial charge >= 0.3 is 0 Å². The van der Waals surface area contributed by atoms with Gasteiger partial charge in [-0.1, -0.05) is 18.0 Å². The second-order valence-corrected chi connectivity index (χ2v) is 6.74. The van der Waals surface area contributed by atoms with E-state index in [-0.39, 0.29) is 16.0 Å². The van der Waals surface area contributed by atoms with E-state index >= 15 is 0 Å². The Morgan fingerprint density at radius 1 is 1.44 bits per heavy atom. The maximum Gasteiger partial charge on any atom is 0.244 e. The van der Waals surface area contributed by atoms with Gasteiger partial charge in [-0.25, -0.2) is 8.42 Å². The zero-order chi connectivity index (χ0) is 13.3. The van der Waals surface area contributed by atoms with Crippen LogP contribution < -0.4 is 0 Å². The standard InChI is InChI=1S/C12H13ClN2O2S/c1-15(10-3-2-4-10)18(16,17)12-7-9(8-14)5-6-11(12)13/h5-7,10H,2-4H2,1H3. The van der Waals surface area contributed by atoms with Crippen LogP contribution in [0.4, 0.5) is 0 Å². The van der Waals surface area contributed by atoms with Crippen LogP contribution in [0.15, 0.2) is 23.1 Å². The number of hydrogen-bond donors (Lipinski definition) is 0. The van der Waals surface area contributed by atoms with Gasteiger partial charge in [0, 0.05) is 13.1 Å². The fourth-order valence-electron chi connectivity index (χ4n) is 1.87. The fourth-order valence-corrected chi connectivity index (χ4v) is 3.79. The largest absolute Gasteiger partial charge is 0.244 e. The highest BCUT2D eigenvalue weighted by atomic mass is 35.5. The molecule has 1 aliphatic rings. The number of benzene rings is 1. The van der Waals surface area contributed by atoms with Gasteiger partial charge in [-0.2, -0.15) is 9.57 Å². The van der Waals surface area contributed by atoms with Gasteiger partial charge in [0.25, 0.3) is 0 Å². The van der Waals surface area contributed by atoms with Gasteiger partial charge in [0.15, 0.2) is 0 Å². The lowest BCUT2D eigenvalue weighted by molar-refractivity contribution is 0.249. The fraction of sp³-hybridized carbons (Fsp3) is 0.417. The van der Waals surface area contributed by atoms with Crippen molar-refractivity contribution in [2.24, 2.45) is 0 Å². The average molecular weight is 285 g/mol. The Balaban J connectivity index is 2.43. The van der Waals surface area contributed by atoms with Gasteiger partial charge in [0.05, 0.1) is 16.7 Å². The Morgan fingerprint density at radius 2 is 2.11 bits per heavy atom. The molecule has 0 saturated heterocycles. The lowest BCUT2D eigenvalue weighted by Crippen LogP contribution is -2.41. The molecule has 1 aromatic rings. The third-order valence-electron chi connectivity index (χ3n) is 3.31. The molecule has 0 aliphatic heterocycles. The highest BCUT2D eigenvalue weighted by molar-refractivity contribution is 7.89. The summed E-state index contributed by atoms with van der Waals surface area (Å²) in [7, 11) is -2.05. The minimum absolute atomic E-state index is 0.0117. The zero-order valence-electron chi connectivity index (χ0n) is 9.93. The molecule has 0 unspecified atom stereocenters. The molecule has 1 saturated carbocycles. The SMILES string of the molecule is CN(C1CCC1)S(=O)(=O)c1cc(C#N)ccc1Cl. The maximum atomic E-state index is 12.4. The molecule has 96 valence electrons. The van der Waals surface area contributed by atoms with E-state index in [9.17, 15) is 8.42 Å². The molecule has 2 rings (SSSR count). The third kappa shape index (κ3) is 2.24. The van der Waals surface area contributed by atoms with E-state index in [2.05, 4.69) is 0 Å². The van der Waals surface area contributed by atoms with E-state index in [1.54, 1.807) is 7.05 Å². The van der Waals surface area contributed by atoms with Gasteiger partial charge in [-0.3, -0.25) is 0 Å². The van der Waals surface area contributed by atoms with Crippen molar-refractivity contribution in [3.8, 4) is 6.07 Å². The molecule has 18 heavy (non-hydrogen) atoms. The van der Waals surface area contributed by atoms with Crippen molar-refractivity contribution >= 4 is 21.6 Å². The van der Waals surface area contributed by atoms with Crippen LogP contribution in [0.5, 0.6) is 0 Å². The van der Waals surface area contributed by atoms with E-state index in [0.717, 1.165) is 19.3 Å². The van der Waals surface area contributed by atoms with Crippen molar-refractivity contribution < 1.29 is 8.42 Å². The number of rotatable bonds is 3. The van der Waals surface area contributed by atoms with Gasteiger partial charge in [0.1, 0.15) is 4.90 Å². The summed E-state index contributed by atoms with van der Waals surface area (Å²) >= 11 is 5.93. The molecule has 0 atom stereocenters. The Morgan fingerprint density at radius 3 is 2.61 bits per heavy atom. The van der Waals surface area contributed by atoms with Gasteiger partial charge < -0.3 is 0 Å². The third-order valence-corrected chi connectivity index (χ3v) is 5.70. The van der Waals surface area contributed by atoms with Crippen molar-refractivity contribution in [3.05, 3.63) is 28.8 Å². The molecule has 1 aromatic carbocycles. The monoisotopic (exact) mass is 284 g/mol. The number of nitriles is 1. The normalized spacial score (nSPS) is 16.3. The summed E-state index contributed by atoms with van der Waals surface area (Å²) in [6.45, 7) is 0. The summed E-state index contributed by atoms with van der Waals surface area (Å²) in [6.07, 6.45) is 2.81. The van der Waals surface area contributed by atoms with E-state index < -0.39 is 10.0 Å². The Bertz CT molecular complexity index is 603. The Labute approximate surface area is 112 Å². The summed E-state index contributed by atoms with van der Waals surface area (Å²) in [5, 5.41) is 8.98. The minimum atomic E-state index is -3.61. The molecule has 0 radical (unpaired) electrons. The van der Waals surface area contributed by atoms with E-state index in [1.807, 2.05) is 6.07 Å². The first-order valence-corrected chi connectivity index (χ1v) is 7.46. The molecule has 0 amide bonds. The Hall–Kier alpha value is -1.09. The lowest BCUT2D eigenvalue weighted by Gasteiger charge is -2.33. The first kappa shape index (κ1) is 13.3. The molecule has 6 heteroatoms. The van der Waals surface area contributed by atoms with Crippen molar-refractivity contribution in [1.82, 2.24) is 4.31 Å². The molecular weight excluding hydrogens is 272 g/mol. The molecule has 0 spiro atoms. The van der Waals surface area contributed by atoms with Crippen molar-refractivity contribution in [2.75, 3.05) is 7.05 Å². The molecule has 0 heterocycles. The summed E-state index contributed by atoms with van der Waals surface area (Å²) < 4.78 is 26.1. The second-order valence-electron chi connectivity index (χ2n) is 4.36. The minimum Gasteiger partial charge on any atom is -0.207 e. The van der Waals surface area contributed by atoms with Crippen LogP contribution in [0.3, 0.4) is 0 Å². The maximum absolute atomic E-state index is 12.4. The van der Waals surface area contributed by atoms with E-state index in [4.69, 9.17) is 16.9 Å². The van der Waals surface area contributed by atoms with Crippen molar-refractivity contribution in [2.45, 2.75) is 30.2 Å². The van der Waals surface area contributed by atoms with Gasteiger partial charge in [-0.05, 0) is 31.0 Å². The molecule has 0 N–H and O–H groups in total. The summed E-state index contributed by atoms with van der Waals surface area (Å²) in [6, 6.07) is 6.25. The van der Waals surface area contributed by atoms with Crippen molar-refractivity contribution in [1.29, 1.82) is 5.26 Å². The molecular formula is C12H13ClN2O2S. The summed E-state index contributed by atoms with van der Waals surface area (Å²) in [4.78, 5) is 0.0117. The molecule has 0 aromatic heterocycles. The quantitative estimate of drug-likeness (QED) is 0.856. The number of halogens is 1. The highest BCUT2D eigenvalue weighted by Crippen LogP contribution is 2.31. The second kappa shape index (κ2) is 4.88. The summed E-state index contributed by atoms with van der Waals surface area (Å²) in [5.41, 5.74) is 0.292. The van der Waals surface area contributed by atoms with Crippen LogP contribution >= 0.6 is 11.6 Å². The van der Waals surface area contributed by atoms with Crippen LogP contribution in [0.25, 0.3) is 0 Å². The van der Waals surface area contributed by atoms with E-state index in [0.29, 0.717) is 5.56 Å². The van der Waals surface area contributed by atoms with Crippen LogP contribution in [0.1, 0.15) is 24.8 Å². The van der Waals surface area contributed by atoms with E-state index in [1.165, 1.54) is 22.5 Å². The molecule has 4 nitrogen and oxygen atoms in total. The van der Waals surface area contributed by atoms with Gasteiger partial charge in [-0.15, -0.1) is 0 Å². The number of nitrogens with zero attached hydrogens (tertiary/aromatic N) is 2. The molecule has 0 bridgehead atoms.